The Balaban J connectivity index is 1.15. The summed E-state index contributed by atoms with van der Waals surface area (Å²) < 4.78 is 10.5. The van der Waals surface area contributed by atoms with Crippen LogP contribution in [0.1, 0.15) is 24.0 Å². The molecule has 1 aromatic carbocycles. The van der Waals surface area contributed by atoms with E-state index in [0.717, 1.165) is 75.3 Å². The number of rotatable bonds is 9. The van der Waals surface area contributed by atoms with Crippen molar-refractivity contribution in [1.29, 1.82) is 0 Å². The summed E-state index contributed by atoms with van der Waals surface area (Å²) in [5, 5.41) is 6.76. The van der Waals surface area contributed by atoms with Gasteiger partial charge in [-0.25, -0.2) is 19.7 Å². The van der Waals surface area contributed by atoms with Gasteiger partial charge < -0.3 is 20.1 Å². The largest absolute Gasteiger partial charge is 0.462 e. The molecule has 2 N–H and O–H groups in total. The van der Waals surface area contributed by atoms with E-state index in [2.05, 4.69) is 48.7 Å². The van der Waals surface area contributed by atoms with Crippen LogP contribution >= 0.6 is 0 Å². The van der Waals surface area contributed by atoms with Gasteiger partial charge in [0.25, 0.3) is 0 Å². The molecule has 192 valence electrons. The second-order valence-electron chi connectivity index (χ2n) is 9.07. The van der Waals surface area contributed by atoms with Gasteiger partial charge in [-0.15, -0.1) is 0 Å². The lowest BCUT2D eigenvalue weighted by Gasteiger charge is -2.26. The number of hydrogen-bond acceptors (Lipinski definition) is 9. The van der Waals surface area contributed by atoms with Crippen LogP contribution in [0.4, 0.5) is 17.3 Å². The summed E-state index contributed by atoms with van der Waals surface area (Å²) in [4.78, 5) is 39.5. The van der Waals surface area contributed by atoms with Gasteiger partial charge in [0.2, 0.25) is 5.91 Å². The van der Waals surface area contributed by atoms with Gasteiger partial charge in [-0.05, 0) is 55.0 Å². The van der Waals surface area contributed by atoms with Gasteiger partial charge in [0.1, 0.15) is 18.0 Å². The molecule has 10 nitrogen and oxygen atoms in total. The van der Waals surface area contributed by atoms with Gasteiger partial charge in [0.05, 0.1) is 31.5 Å². The van der Waals surface area contributed by atoms with Gasteiger partial charge in [0.15, 0.2) is 0 Å². The average Bonchev–Trinajstić information content (AvgIpc) is 3.39. The fraction of sp³-hybridized carbons (Fsp3) is 0.370. The van der Waals surface area contributed by atoms with Crippen LogP contribution in [-0.4, -0.2) is 71.2 Å². The maximum absolute atomic E-state index is 12.4. The number of morpholine rings is 1. The predicted octanol–water partition coefficient (Wildman–Crippen LogP) is 3.02. The maximum atomic E-state index is 12.4. The molecule has 0 radical (unpaired) electrons. The topological polar surface area (TPSA) is 119 Å². The minimum absolute atomic E-state index is 0.300. The van der Waals surface area contributed by atoms with E-state index >= 15 is 0 Å². The zero-order valence-electron chi connectivity index (χ0n) is 20.6. The van der Waals surface area contributed by atoms with Crippen LogP contribution in [0.2, 0.25) is 0 Å². The number of anilines is 3. The molecule has 0 atom stereocenters. The standard InChI is InChI=1S/C27H30N6O4/c34-25(7-8-26(35)37-12-2-9-33-10-13-36-14-11-33)32-24-16-22-23(17-28-24)29-18-30-27(22)31-21-6-5-19-3-1-4-20(19)15-21/h5-8,15-18H,1-4,9-14H2,(H,28,32,34)(H,29,30,31). The second-order valence-corrected chi connectivity index (χ2v) is 9.07. The zero-order chi connectivity index (χ0) is 25.5. The lowest BCUT2D eigenvalue weighted by molar-refractivity contribution is -0.138. The van der Waals surface area contributed by atoms with E-state index in [9.17, 15) is 9.59 Å². The summed E-state index contributed by atoms with van der Waals surface area (Å²) in [6.45, 7) is 4.42. The fourth-order valence-electron chi connectivity index (χ4n) is 4.56. The Morgan fingerprint density at radius 2 is 1.92 bits per heavy atom. The molecule has 0 bridgehead atoms. The smallest absolute Gasteiger partial charge is 0.330 e. The van der Waals surface area contributed by atoms with E-state index < -0.39 is 11.9 Å². The summed E-state index contributed by atoms with van der Waals surface area (Å²) >= 11 is 0. The quantitative estimate of drug-likeness (QED) is 0.259. The Kier molecular flexibility index (Phi) is 7.97. The van der Waals surface area contributed by atoms with Crippen LogP contribution in [0.15, 0.2) is 48.9 Å². The van der Waals surface area contributed by atoms with Crippen molar-refractivity contribution in [3.63, 3.8) is 0 Å². The Bertz CT molecular complexity index is 1310. The zero-order valence-corrected chi connectivity index (χ0v) is 20.6. The third-order valence-electron chi connectivity index (χ3n) is 6.47. The number of carbonyl (C=O) groups is 2. The molecule has 1 amide bonds. The Morgan fingerprint density at radius 3 is 2.81 bits per heavy atom. The highest BCUT2D eigenvalue weighted by atomic mass is 16.5. The number of pyridine rings is 1. The molecule has 1 aliphatic carbocycles. The number of esters is 1. The van der Waals surface area contributed by atoms with E-state index in [-0.39, 0.29) is 0 Å². The third-order valence-corrected chi connectivity index (χ3v) is 6.47. The normalized spacial score (nSPS) is 15.6. The summed E-state index contributed by atoms with van der Waals surface area (Å²) in [6, 6.07) is 8.07. The first kappa shape index (κ1) is 24.8. The first-order valence-corrected chi connectivity index (χ1v) is 12.6. The highest BCUT2D eigenvalue weighted by Crippen LogP contribution is 2.28. The summed E-state index contributed by atoms with van der Waals surface area (Å²) in [5.41, 5.74) is 4.36. The molecule has 1 fully saturated rings. The van der Waals surface area contributed by atoms with Crippen molar-refractivity contribution in [3.8, 4) is 0 Å². The SMILES string of the molecule is O=C(C=CC(=O)OCCCN1CCOCC1)Nc1cc2c(Nc3ccc4c(c3)CCC4)ncnc2cn1. The van der Waals surface area contributed by atoms with Crippen molar-refractivity contribution in [2.24, 2.45) is 0 Å². The van der Waals surface area contributed by atoms with E-state index in [4.69, 9.17) is 9.47 Å². The summed E-state index contributed by atoms with van der Waals surface area (Å²) in [6.07, 6.45) is 9.45. The second kappa shape index (κ2) is 11.9. The van der Waals surface area contributed by atoms with Gasteiger partial charge in [-0.1, -0.05) is 6.07 Å². The van der Waals surface area contributed by atoms with E-state index in [1.165, 1.54) is 23.9 Å². The molecule has 3 aromatic rings. The molecule has 1 saturated heterocycles. The highest BCUT2D eigenvalue weighted by molar-refractivity contribution is 6.03. The monoisotopic (exact) mass is 502 g/mol. The molecule has 2 aromatic heterocycles. The van der Waals surface area contributed by atoms with Crippen molar-refractivity contribution in [3.05, 3.63) is 60.1 Å². The fourth-order valence-corrected chi connectivity index (χ4v) is 4.56. The maximum Gasteiger partial charge on any atom is 0.330 e. The molecule has 1 aliphatic heterocycles. The Morgan fingerprint density at radius 1 is 1.05 bits per heavy atom. The van der Waals surface area contributed by atoms with Crippen molar-refractivity contribution < 1.29 is 19.1 Å². The number of carbonyl (C=O) groups excluding carboxylic acids is 2. The van der Waals surface area contributed by atoms with Crippen molar-refractivity contribution >= 4 is 40.1 Å². The predicted molar refractivity (Wildman–Crippen MR) is 140 cm³/mol. The molecule has 2 aliphatic rings. The number of aryl methyl sites for hydroxylation is 2. The molecule has 0 unspecified atom stereocenters. The molecule has 37 heavy (non-hydrogen) atoms. The van der Waals surface area contributed by atoms with E-state index in [1.54, 1.807) is 12.3 Å². The molecule has 0 spiro atoms. The first-order valence-electron chi connectivity index (χ1n) is 12.6. The summed E-state index contributed by atoms with van der Waals surface area (Å²) in [7, 11) is 0. The van der Waals surface area contributed by atoms with Crippen LogP contribution in [-0.2, 0) is 31.9 Å². The number of aromatic nitrogens is 3. The number of nitrogens with zero attached hydrogens (tertiary/aromatic N) is 4. The molecule has 10 heteroatoms. The van der Waals surface area contributed by atoms with Crippen LogP contribution in [0.25, 0.3) is 10.9 Å². The Labute approximate surface area is 215 Å². The van der Waals surface area contributed by atoms with Crippen LogP contribution in [0.5, 0.6) is 0 Å². The van der Waals surface area contributed by atoms with Crippen molar-refractivity contribution in [2.75, 3.05) is 50.1 Å². The number of amides is 1. The third kappa shape index (κ3) is 6.66. The first-order chi connectivity index (χ1) is 18.1. The van der Waals surface area contributed by atoms with Crippen molar-refractivity contribution in [1.82, 2.24) is 19.9 Å². The van der Waals surface area contributed by atoms with Crippen molar-refractivity contribution in [2.45, 2.75) is 25.7 Å². The minimum atomic E-state index is -0.558. The number of hydrogen-bond donors (Lipinski definition) is 2. The molecule has 3 heterocycles. The average molecular weight is 503 g/mol. The van der Waals surface area contributed by atoms with Crippen LogP contribution in [0, 0.1) is 0 Å². The number of ether oxygens (including phenoxy) is 2. The van der Waals surface area contributed by atoms with Crippen LogP contribution in [0.3, 0.4) is 0 Å². The van der Waals surface area contributed by atoms with Gasteiger partial charge >= 0.3 is 5.97 Å². The van der Waals surface area contributed by atoms with E-state index in [0.29, 0.717) is 23.8 Å². The molecule has 5 rings (SSSR count). The van der Waals surface area contributed by atoms with E-state index in [1.807, 2.05) is 0 Å². The molecular weight excluding hydrogens is 472 g/mol. The van der Waals surface area contributed by atoms with Crippen LogP contribution < -0.4 is 10.6 Å². The minimum Gasteiger partial charge on any atom is -0.462 e. The van der Waals surface area contributed by atoms with Gasteiger partial charge in [-0.2, -0.15) is 0 Å². The lowest BCUT2D eigenvalue weighted by atomic mass is 10.1. The summed E-state index contributed by atoms with van der Waals surface area (Å²) in [5.74, 6) is -0.0928. The van der Waals surface area contributed by atoms with Gasteiger partial charge in [-0.3, -0.25) is 9.69 Å². The number of fused-ring (bicyclic) bond motifs is 2. The number of benzene rings is 1. The number of nitrogens with one attached hydrogen (secondary N) is 2. The Hall–Kier alpha value is -3.89. The lowest BCUT2D eigenvalue weighted by Crippen LogP contribution is -2.37. The van der Waals surface area contributed by atoms with Gasteiger partial charge in [0, 0.05) is 42.9 Å². The molecule has 0 saturated carbocycles. The molecular formula is C27H30N6O4. The highest BCUT2D eigenvalue weighted by Gasteiger charge is 2.13.